The maximum atomic E-state index is 10.2. The second-order valence-electron chi connectivity index (χ2n) is 9.83. The Hall–Kier alpha value is -1.34. The summed E-state index contributed by atoms with van der Waals surface area (Å²) in [7, 11) is 0. The quantitative estimate of drug-likeness (QED) is 0.617. The van der Waals surface area contributed by atoms with Gasteiger partial charge in [-0.2, -0.15) is 0 Å². The molecule has 1 aromatic carbocycles. The van der Waals surface area contributed by atoms with Crippen molar-refractivity contribution >= 4 is 5.57 Å². The first-order valence-corrected chi connectivity index (χ1v) is 10.7. The van der Waals surface area contributed by atoms with Gasteiger partial charge in [-0.3, -0.25) is 0 Å². The average molecular weight is 349 g/mol. The van der Waals surface area contributed by atoms with Crippen LogP contribution in [0.1, 0.15) is 64.4 Å². The molecule has 5 rings (SSSR count). The van der Waals surface area contributed by atoms with E-state index in [1.165, 1.54) is 37.7 Å². The van der Waals surface area contributed by atoms with Gasteiger partial charge in [0.05, 0.1) is 6.10 Å². The summed E-state index contributed by atoms with van der Waals surface area (Å²) in [5.41, 5.74) is 5.32. The second-order valence-corrected chi connectivity index (χ2v) is 9.83. The minimum Gasteiger partial charge on any atom is -0.393 e. The third-order valence-electron chi connectivity index (χ3n) is 8.74. The molecule has 2 saturated carbocycles. The van der Waals surface area contributed by atoms with E-state index in [0.29, 0.717) is 10.8 Å². The molecule has 0 spiro atoms. The normalized spacial score (nSPS) is 44.4. The molecule has 6 atom stereocenters. The Balaban J connectivity index is 1.48. The molecule has 0 saturated heterocycles. The third-order valence-corrected chi connectivity index (χ3v) is 8.74. The molecule has 0 heterocycles. The van der Waals surface area contributed by atoms with Gasteiger partial charge in [0, 0.05) is 0 Å². The van der Waals surface area contributed by atoms with Crippen LogP contribution in [0.4, 0.5) is 0 Å². The van der Waals surface area contributed by atoms with E-state index in [1.54, 1.807) is 11.1 Å². The van der Waals surface area contributed by atoms with Gasteiger partial charge in [0.2, 0.25) is 0 Å². The van der Waals surface area contributed by atoms with Crippen LogP contribution in [-0.4, -0.2) is 11.2 Å². The molecule has 3 unspecified atom stereocenters. The molecule has 4 aliphatic rings. The molecule has 0 amide bonds. The van der Waals surface area contributed by atoms with Gasteiger partial charge in [0.1, 0.15) is 0 Å². The Morgan fingerprint density at radius 3 is 2.46 bits per heavy atom. The van der Waals surface area contributed by atoms with Gasteiger partial charge in [0.25, 0.3) is 0 Å². The van der Waals surface area contributed by atoms with Crippen molar-refractivity contribution in [2.24, 2.45) is 28.6 Å². The number of fused-ring (bicyclic) bond motifs is 5. The fourth-order valence-electron chi connectivity index (χ4n) is 7.27. The molecule has 0 aliphatic heterocycles. The van der Waals surface area contributed by atoms with E-state index < -0.39 is 0 Å². The largest absolute Gasteiger partial charge is 0.393 e. The van der Waals surface area contributed by atoms with E-state index in [2.05, 4.69) is 56.3 Å². The van der Waals surface area contributed by atoms with Crippen molar-refractivity contribution < 1.29 is 5.11 Å². The molecule has 26 heavy (non-hydrogen) atoms. The predicted molar refractivity (Wildman–Crippen MR) is 108 cm³/mol. The maximum absolute atomic E-state index is 10.2. The second kappa shape index (κ2) is 5.83. The van der Waals surface area contributed by atoms with Crippen LogP contribution >= 0.6 is 0 Å². The highest BCUT2D eigenvalue weighted by atomic mass is 16.3. The van der Waals surface area contributed by atoms with Gasteiger partial charge in [-0.05, 0) is 84.7 Å². The highest BCUT2D eigenvalue weighted by Gasteiger charge is 2.56. The van der Waals surface area contributed by atoms with E-state index in [-0.39, 0.29) is 6.10 Å². The van der Waals surface area contributed by atoms with Crippen LogP contribution in [0.5, 0.6) is 0 Å². The van der Waals surface area contributed by atoms with Crippen molar-refractivity contribution in [3.05, 3.63) is 53.6 Å². The highest BCUT2D eigenvalue weighted by Crippen LogP contribution is 2.66. The molecule has 0 radical (unpaired) electrons. The lowest BCUT2D eigenvalue weighted by Crippen LogP contribution is -2.49. The monoisotopic (exact) mass is 348 g/mol. The lowest BCUT2D eigenvalue weighted by Gasteiger charge is -2.57. The number of benzene rings is 1. The maximum Gasteiger partial charge on any atom is 0.0577 e. The van der Waals surface area contributed by atoms with Crippen molar-refractivity contribution in [2.75, 3.05) is 0 Å². The van der Waals surface area contributed by atoms with Gasteiger partial charge in [-0.25, -0.2) is 0 Å². The van der Waals surface area contributed by atoms with Crippen LogP contribution in [0, 0.1) is 28.6 Å². The lowest BCUT2D eigenvalue weighted by atomic mass is 9.47. The minimum absolute atomic E-state index is 0.0995. The fraction of sp³-hybridized carbons (Fsp3) is 0.600. The van der Waals surface area contributed by atoms with Gasteiger partial charge in [0.15, 0.2) is 0 Å². The molecule has 4 aliphatic carbocycles. The lowest BCUT2D eigenvalue weighted by molar-refractivity contribution is -0.0238. The van der Waals surface area contributed by atoms with E-state index in [0.717, 1.165) is 30.6 Å². The molecule has 0 aromatic heterocycles. The Kier molecular flexibility index (Phi) is 3.77. The molecule has 1 nitrogen and oxygen atoms in total. The van der Waals surface area contributed by atoms with Crippen LogP contribution in [0.2, 0.25) is 0 Å². The van der Waals surface area contributed by atoms with Crippen molar-refractivity contribution in [3.8, 4) is 0 Å². The molecule has 1 aromatic rings. The van der Waals surface area contributed by atoms with Gasteiger partial charge in [-0.15, -0.1) is 0 Å². The van der Waals surface area contributed by atoms with Crippen LogP contribution in [0.25, 0.3) is 5.57 Å². The van der Waals surface area contributed by atoms with Crippen LogP contribution in [0.15, 0.2) is 48.1 Å². The summed E-state index contributed by atoms with van der Waals surface area (Å²) in [5, 5.41) is 10.2. The van der Waals surface area contributed by atoms with Crippen LogP contribution < -0.4 is 0 Å². The minimum atomic E-state index is -0.0995. The van der Waals surface area contributed by atoms with E-state index in [4.69, 9.17) is 0 Å². The van der Waals surface area contributed by atoms with Gasteiger partial charge < -0.3 is 5.11 Å². The molecule has 0 bridgehead atoms. The number of aliphatic hydroxyl groups excluding tert-OH is 1. The number of aliphatic hydroxyl groups is 1. The standard InChI is InChI=1S/C25H32O/c1-24-14-12-19(26)16-18(24)8-9-20-22-11-10-21(17-6-4-3-5-7-17)25(22,2)15-13-23(20)24/h3-8,10,19-20,22-23,26H,9,11-16H2,1-2H3/t19-,20?,22?,23?,24-,25+/m0/s1. The molecule has 138 valence electrons. The van der Waals surface area contributed by atoms with Crippen molar-refractivity contribution in [1.29, 1.82) is 0 Å². The Morgan fingerprint density at radius 2 is 1.65 bits per heavy atom. The number of hydrogen-bond acceptors (Lipinski definition) is 1. The molecule has 1 heteroatoms. The molecular formula is C25H32O. The summed E-state index contributed by atoms with van der Waals surface area (Å²) in [5.74, 6) is 2.42. The van der Waals surface area contributed by atoms with Crippen LogP contribution in [-0.2, 0) is 0 Å². The third kappa shape index (κ3) is 2.26. The first kappa shape index (κ1) is 16.8. The number of allylic oxidation sites excluding steroid dienone is 3. The highest BCUT2D eigenvalue weighted by molar-refractivity contribution is 5.72. The van der Waals surface area contributed by atoms with Gasteiger partial charge >= 0.3 is 0 Å². The molecular weight excluding hydrogens is 316 g/mol. The zero-order valence-electron chi connectivity index (χ0n) is 16.2. The summed E-state index contributed by atoms with van der Waals surface area (Å²) in [6.45, 7) is 5.07. The first-order chi connectivity index (χ1) is 12.5. The fourth-order valence-corrected chi connectivity index (χ4v) is 7.27. The van der Waals surface area contributed by atoms with E-state index in [9.17, 15) is 5.11 Å². The summed E-state index contributed by atoms with van der Waals surface area (Å²) in [4.78, 5) is 0. The van der Waals surface area contributed by atoms with Crippen molar-refractivity contribution in [2.45, 2.75) is 64.9 Å². The molecule has 2 fully saturated rings. The van der Waals surface area contributed by atoms with Crippen LogP contribution in [0.3, 0.4) is 0 Å². The summed E-state index contributed by atoms with van der Waals surface area (Å²) in [6, 6.07) is 11.1. The average Bonchev–Trinajstić information content (AvgIpc) is 3.00. The number of hydrogen-bond donors (Lipinski definition) is 1. The van der Waals surface area contributed by atoms with Crippen molar-refractivity contribution in [3.63, 3.8) is 0 Å². The zero-order chi connectivity index (χ0) is 17.9. The topological polar surface area (TPSA) is 20.2 Å². The Morgan fingerprint density at radius 1 is 0.885 bits per heavy atom. The van der Waals surface area contributed by atoms with Gasteiger partial charge in [-0.1, -0.05) is 61.9 Å². The summed E-state index contributed by atoms with van der Waals surface area (Å²) in [6.07, 6.45) is 13.3. The predicted octanol–water partition coefficient (Wildman–Crippen LogP) is 6.00. The van der Waals surface area contributed by atoms with E-state index in [1.807, 2.05) is 0 Å². The molecule has 1 N–H and O–H groups in total. The smallest absolute Gasteiger partial charge is 0.0577 e. The Labute approximate surface area is 158 Å². The van der Waals surface area contributed by atoms with Crippen molar-refractivity contribution in [1.82, 2.24) is 0 Å². The Bertz CT molecular complexity index is 760. The SMILES string of the molecule is C[C@]12CC[C@H](O)CC1=CCC1C2CC[C@]2(C)C(c3ccccc3)=CCC12. The number of rotatable bonds is 1. The zero-order valence-corrected chi connectivity index (χ0v) is 16.2. The summed E-state index contributed by atoms with van der Waals surface area (Å²) < 4.78 is 0. The summed E-state index contributed by atoms with van der Waals surface area (Å²) >= 11 is 0. The van der Waals surface area contributed by atoms with E-state index >= 15 is 0 Å². The first-order valence-electron chi connectivity index (χ1n) is 10.7.